The molecule has 0 aliphatic carbocycles. The third-order valence-electron chi connectivity index (χ3n) is 4.42. The summed E-state index contributed by atoms with van der Waals surface area (Å²) in [6, 6.07) is 8.66. The van der Waals surface area contributed by atoms with Crippen molar-refractivity contribution in [3.63, 3.8) is 0 Å². The maximum Gasteiger partial charge on any atom is 0.225 e. The molecule has 1 amide bonds. The second-order valence-electron chi connectivity index (χ2n) is 6.43. The molecule has 4 nitrogen and oxygen atoms in total. The molecule has 0 saturated carbocycles. The molecule has 3 rings (SSSR count). The number of likely N-dealkylation sites (tertiary alicyclic amines) is 1. The van der Waals surface area contributed by atoms with Crippen molar-refractivity contribution in [3.8, 4) is 11.1 Å². The quantitative estimate of drug-likeness (QED) is 0.808. The van der Waals surface area contributed by atoms with Gasteiger partial charge in [-0.25, -0.2) is 0 Å². The van der Waals surface area contributed by atoms with Gasteiger partial charge in [-0.05, 0) is 30.5 Å². The van der Waals surface area contributed by atoms with E-state index in [2.05, 4.69) is 44.0 Å². The summed E-state index contributed by atoms with van der Waals surface area (Å²) < 4.78 is 3.14. The molecule has 0 unspecified atom stereocenters. The van der Waals surface area contributed by atoms with E-state index < -0.39 is 0 Å². The first-order valence-electron chi connectivity index (χ1n) is 8.13. The highest BCUT2D eigenvalue weighted by molar-refractivity contribution is 9.10. The normalized spacial score (nSPS) is 16.1. The van der Waals surface area contributed by atoms with Crippen LogP contribution in [-0.2, 0) is 4.79 Å². The zero-order valence-corrected chi connectivity index (χ0v) is 15.2. The number of halogens is 1. The van der Waals surface area contributed by atoms with Gasteiger partial charge < -0.3 is 4.90 Å². The number of amides is 1. The number of hydrogen-bond acceptors (Lipinski definition) is 2. The van der Waals surface area contributed by atoms with E-state index in [-0.39, 0.29) is 11.8 Å². The van der Waals surface area contributed by atoms with E-state index in [0.29, 0.717) is 6.04 Å². The van der Waals surface area contributed by atoms with Gasteiger partial charge in [-0.3, -0.25) is 9.48 Å². The zero-order valence-electron chi connectivity index (χ0n) is 13.6. The third-order valence-corrected chi connectivity index (χ3v) is 4.95. The molecule has 1 aromatic heterocycles. The van der Waals surface area contributed by atoms with Gasteiger partial charge in [-0.2, -0.15) is 5.10 Å². The van der Waals surface area contributed by atoms with Crippen LogP contribution in [0.15, 0.2) is 41.1 Å². The van der Waals surface area contributed by atoms with Crippen molar-refractivity contribution in [1.29, 1.82) is 0 Å². The fraction of sp³-hybridized carbons (Fsp3) is 0.444. The van der Waals surface area contributed by atoms with Crippen molar-refractivity contribution >= 4 is 21.8 Å². The van der Waals surface area contributed by atoms with E-state index in [9.17, 15) is 4.79 Å². The molecule has 0 atom stereocenters. The Labute approximate surface area is 145 Å². The molecule has 23 heavy (non-hydrogen) atoms. The molecule has 5 heteroatoms. The molecule has 0 radical (unpaired) electrons. The van der Waals surface area contributed by atoms with E-state index in [1.54, 1.807) is 0 Å². The Morgan fingerprint density at radius 1 is 1.17 bits per heavy atom. The van der Waals surface area contributed by atoms with E-state index in [1.165, 1.54) is 5.56 Å². The summed E-state index contributed by atoms with van der Waals surface area (Å²) in [5, 5.41) is 4.55. The molecule has 1 aliphatic heterocycles. The molecule has 1 saturated heterocycles. The minimum atomic E-state index is 0.0836. The van der Waals surface area contributed by atoms with Gasteiger partial charge in [0.2, 0.25) is 5.91 Å². The first-order chi connectivity index (χ1) is 11.0. The summed E-state index contributed by atoms with van der Waals surface area (Å²) in [6.45, 7) is 5.59. The third kappa shape index (κ3) is 3.66. The van der Waals surface area contributed by atoms with E-state index in [4.69, 9.17) is 0 Å². The van der Waals surface area contributed by atoms with Gasteiger partial charge in [-0.1, -0.05) is 41.9 Å². The smallest absolute Gasteiger partial charge is 0.225 e. The van der Waals surface area contributed by atoms with E-state index >= 15 is 0 Å². The maximum atomic E-state index is 12.1. The minimum Gasteiger partial charge on any atom is -0.342 e. The number of carbonyl (C=O) groups excluding carboxylic acids is 1. The number of rotatable bonds is 3. The number of hydrogen-bond donors (Lipinski definition) is 0. The monoisotopic (exact) mass is 375 g/mol. The molecule has 2 aromatic rings. The first kappa shape index (κ1) is 16.2. The van der Waals surface area contributed by atoms with Gasteiger partial charge in [0.25, 0.3) is 0 Å². The predicted octanol–water partition coefficient (Wildman–Crippen LogP) is 4.13. The largest absolute Gasteiger partial charge is 0.342 e. The molecule has 1 aliphatic rings. The fourth-order valence-electron chi connectivity index (χ4n) is 3.05. The standard InChI is InChI=1S/C18H22BrN3O/c1-13(2)18(23)21-9-7-17(8-10-21)22-12-15(11-20-22)14-3-5-16(19)6-4-14/h3-6,11-13,17H,7-10H2,1-2H3. The average Bonchev–Trinajstić information content (AvgIpc) is 3.05. The number of aromatic nitrogens is 2. The summed E-state index contributed by atoms with van der Waals surface area (Å²) in [6.07, 6.45) is 5.99. The first-order valence-corrected chi connectivity index (χ1v) is 8.93. The Morgan fingerprint density at radius 2 is 1.83 bits per heavy atom. The lowest BCUT2D eigenvalue weighted by molar-refractivity contribution is -0.135. The topological polar surface area (TPSA) is 38.1 Å². The van der Waals surface area contributed by atoms with Crippen LogP contribution in [0.5, 0.6) is 0 Å². The van der Waals surface area contributed by atoms with Crippen molar-refractivity contribution in [1.82, 2.24) is 14.7 Å². The molecular weight excluding hydrogens is 354 g/mol. The minimum absolute atomic E-state index is 0.0836. The van der Waals surface area contributed by atoms with E-state index in [0.717, 1.165) is 36.0 Å². The molecule has 1 fully saturated rings. The van der Waals surface area contributed by atoms with Crippen molar-refractivity contribution in [2.45, 2.75) is 32.7 Å². The SMILES string of the molecule is CC(C)C(=O)N1CCC(n2cc(-c3ccc(Br)cc3)cn2)CC1. The van der Waals surface area contributed by atoms with Crippen LogP contribution in [0.25, 0.3) is 11.1 Å². The van der Waals surface area contributed by atoms with Crippen molar-refractivity contribution in [2.24, 2.45) is 5.92 Å². The number of nitrogens with zero attached hydrogens (tertiary/aromatic N) is 3. The summed E-state index contributed by atoms with van der Waals surface area (Å²) in [4.78, 5) is 14.0. The lowest BCUT2D eigenvalue weighted by atomic mass is 10.0. The molecule has 0 N–H and O–H groups in total. The second kappa shape index (κ2) is 6.87. The lowest BCUT2D eigenvalue weighted by Gasteiger charge is -2.33. The Morgan fingerprint density at radius 3 is 2.43 bits per heavy atom. The summed E-state index contributed by atoms with van der Waals surface area (Å²) in [5.74, 6) is 0.347. The van der Waals surface area contributed by atoms with Crippen molar-refractivity contribution in [3.05, 3.63) is 41.1 Å². The Hall–Kier alpha value is -1.62. The van der Waals surface area contributed by atoms with Crippen molar-refractivity contribution < 1.29 is 4.79 Å². The fourth-order valence-corrected chi connectivity index (χ4v) is 3.31. The van der Waals surface area contributed by atoms with Gasteiger partial charge in [0.1, 0.15) is 0 Å². The Bertz CT molecular complexity index is 670. The highest BCUT2D eigenvalue weighted by Crippen LogP contribution is 2.26. The van der Waals surface area contributed by atoms with Gasteiger partial charge in [-0.15, -0.1) is 0 Å². The average molecular weight is 376 g/mol. The highest BCUT2D eigenvalue weighted by atomic mass is 79.9. The van der Waals surface area contributed by atoms with Crippen LogP contribution in [0.3, 0.4) is 0 Å². The number of piperidine rings is 1. The zero-order chi connectivity index (χ0) is 16.4. The molecule has 1 aromatic carbocycles. The van der Waals surface area contributed by atoms with Crippen LogP contribution >= 0.6 is 15.9 Å². The molecule has 0 bridgehead atoms. The van der Waals surface area contributed by atoms with Crippen LogP contribution in [-0.4, -0.2) is 33.7 Å². The van der Waals surface area contributed by atoms with Gasteiger partial charge in [0.15, 0.2) is 0 Å². The van der Waals surface area contributed by atoms with Gasteiger partial charge in [0, 0.05) is 35.2 Å². The van der Waals surface area contributed by atoms with Crippen LogP contribution in [0.2, 0.25) is 0 Å². The van der Waals surface area contributed by atoms with Crippen LogP contribution in [0, 0.1) is 5.92 Å². The lowest BCUT2D eigenvalue weighted by Crippen LogP contribution is -2.41. The maximum absolute atomic E-state index is 12.1. The Balaban J connectivity index is 1.66. The second-order valence-corrected chi connectivity index (χ2v) is 7.34. The number of benzene rings is 1. The van der Waals surface area contributed by atoms with Gasteiger partial charge in [0.05, 0.1) is 12.2 Å². The van der Waals surface area contributed by atoms with E-state index in [1.807, 2.05) is 37.1 Å². The van der Waals surface area contributed by atoms with Crippen LogP contribution in [0.4, 0.5) is 0 Å². The predicted molar refractivity (Wildman–Crippen MR) is 95.1 cm³/mol. The highest BCUT2D eigenvalue weighted by Gasteiger charge is 2.25. The molecular formula is C18H22BrN3O. The summed E-state index contributed by atoms with van der Waals surface area (Å²) in [5.41, 5.74) is 2.31. The van der Waals surface area contributed by atoms with Crippen LogP contribution in [0.1, 0.15) is 32.7 Å². The number of carbonyl (C=O) groups is 1. The summed E-state index contributed by atoms with van der Waals surface area (Å²) in [7, 11) is 0. The van der Waals surface area contributed by atoms with Crippen molar-refractivity contribution in [2.75, 3.05) is 13.1 Å². The molecule has 0 spiro atoms. The Kier molecular flexibility index (Phi) is 4.85. The summed E-state index contributed by atoms with van der Waals surface area (Å²) >= 11 is 3.46. The molecule has 122 valence electrons. The van der Waals surface area contributed by atoms with Gasteiger partial charge >= 0.3 is 0 Å². The van der Waals surface area contributed by atoms with Crippen LogP contribution < -0.4 is 0 Å². The molecule has 2 heterocycles.